The largest absolute Gasteiger partial charge is 0.379 e. The van der Waals surface area contributed by atoms with Crippen LogP contribution < -0.4 is 0 Å². The highest BCUT2D eigenvalue weighted by Crippen LogP contribution is 2.27. The molecule has 1 heterocycles. The van der Waals surface area contributed by atoms with E-state index in [4.69, 9.17) is 15.4 Å². The average Bonchev–Trinajstić information content (AvgIpc) is 2.73. The molecule has 0 bridgehead atoms. The van der Waals surface area contributed by atoms with Crippen LogP contribution in [0.4, 0.5) is 0 Å². The summed E-state index contributed by atoms with van der Waals surface area (Å²) < 4.78 is 30.6. The van der Waals surface area contributed by atoms with E-state index in [9.17, 15) is 8.42 Å². The van der Waals surface area contributed by atoms with Crippen molar-refractivity contribution in [3.63, 3.8) is 0 Å². The molecular weight excluding hydrogens is 298 g/mol. The van der Waals surface area contributed by atoms with E-state index >= 15 is 0 Å². The third-order valence-electron chi connectivity index (χ3n) is 2.94. The number of halogens is 1. The SMILES string of the molecule is CC(C)COCCn1cc(S(=O)(=O)Cl)c2ccccc21. The number of ether oxygens (including phenoxy) is 1. The molecule has 20 heavy (non-hydrogen) atoms. The highest BCUT2D eigenvalue weighted by molar-refractivity contribution is 8.14. The zero-order valence-electron chi connectivity index (χ0n) is 11.5. The maximum absolute atomic E-state index is 11.6. The van der Waals surface area contributed by atoms with Gasteiger partial charge in [0.25, 0.3) is 9.05 Å². The predicted octanol–water partition coefficient (Wildman–Crippen LogP) is 3.24. The lowest BCUT2D eigenvalue weighted by atomic mass is 10.2. The number of benzene rings is 1. The van der Waals surface area contributed by atoms with Crippen molar-refractivity contribution in [2.75, 3.05) is 13.2 Å². The minimum atomic E-state index is -3.74. The Bertz CT molecular complexity index is 692. The Hall–Kier alpha value is -1.04. The molecular formula is C14H18ClNO3S. The molecule has 0 amide bonds. The molecule has 2 rings (SSSR count). The molecule has 0 spiro atoms. The van der Waals surface area contributed by atoms with Gasteiger partial charge in [-0.05, 0) is 12.0 Å². The van der Waals surface area contributed by atoms with E-state index in [1.54, 1.807) is 18.3 Å². The molecule has 110 valence electrons. The van der Waals surface area contributed by atoms with Crippen LogP contribution in [0.2, 0.25) is 0 Å². The topological polar surface area (TPSA) is 48.3 Å². The van der Waals surface area contributed by atoms with Gasteiger partial charge >= 0.3 is 0 Å². The first-order chi connectivity index (χ1) is 9.39. The fourth-order valence-corrected chi connectivity index (χ4v) is 3.13. The Labute approximate surface area is 123 Å². The maximum atomic E-state index is 11.6. The molecule has 0 fully saturated rings. The number of nitrogens with zero attached hydrogens (tertiary/aromatic N) is 1. The van der Waals surface area contributed by atoms with Gasteiger partial charge in [-0.25, -0.2) is 8.42 Å². The molecule has 2 aromatic rings. The summed E-state index contributed by atoms with van der Waals surface area (Å²) in [6.45, 7) is 6.00. The van der Waals surface area contributed by atoms with Gasteiger partial charge in [0.15, 0.2) is 0 Å². The Kier molecular flexibility index (Phi) is 4.73. The van der Waals surface area contributed by atoms with Crippen LogP contribution >= 0.6 is 10.7 Å². The second-order valence-electron chi connectivity index (χ2n) is 5.11. The molecule has 1 aromatic heterocycles. The minimum Gasteiger partial charge on any atom is -0.379 e. The van der Waals surface area contributed by atoms with Crippen molar-refractivity contribution in [1.29, 1.82) is 0 Å². The highest BCUT2D eigenvalue weighted by atomic mass is 35.7. The van der Waals surface area contributed by atoms with Crippen molar-refractivity contribution in [3.05, 3.63) is 30.5 Å². The molecule has 0 saturated heterocycles. The normalized spacial score (nSPS) is 12.4. The van der Waals surface area contributed by atoms with E-state index < -0.39 is 9.05 Å². The lowest BCUT2D eigenvalue weighted by Crippen LogP contribution is -2.08. The van der Waals surface area contributed by atoms with E-state index in [2.05, 4.69) is 13.8 Å². The van der Waals surface area contributed by atoms with Gasteiger partial charge in [0, 0.05) is 40.9 Å². The van der Waals surface area contributed by atoms with Crippen LogP contribution in [-0.2, 0) is 20.3 Å². The molecule has 0 aliphatic heterocycles. The maximum Gasteiger partial charge on any atom is 0.263 e. The zero-order chi connectivity index (χ0) is 14.8. The first kappa shape index (κ1) is 15.4. The van der Waals surface area contributed by atoms with Gasteiger partial charge < -0.3 is 9.30 Å². The highest BCUT2D eigenvalue weighted by Gasteiger charge is 2.18. The molecule has 0 aliphatic rings. The molecule has 0 atom stereocenters. The van der Waals surface area contributed by atoms with Crippen LogP contribution in [0.3, 0.4) is 0 Å². The van der Waals surface area contributed by atoms with E-state index in [1.165, 1.54) is 0 Å². The number of rotatable bonds is 6. The summed E-state index contributed by atoms with van der Waals surface area (Å²) in [6.07, 6.45) is 1.58. The number of hydrogen-bond acceptors (Lipinski definition) is 3. The number of para-hydroxylation sites is 1. The summed E-state index contributed by atoms with van der Waals surface area (Å²) >= 11 is 0. The van der Waals surface area contributed by atoms with Crippen LogP contribution in [0.15, 0.2) is 35.4 Å². The fourth-order valence-electron chi connectivity index (χ4n) is 2.07. The van der Waals surface area contributed by atoms with Crippen molar-refractivity contribution < 1.29 is 13.2 Å². The van der Waals surface area contributed by atoms with Crippen LogP contribution in [0.1, 0.15) is 13.8 Å². The van der Waals surface area contributed by atoms with E-state index in [-0.39, 0.29) is 4.90 Å². The van der Waals surface area contributed by atoms with Crippen LogP contribution in [0.25, 0.3) is 10.9 Å². The Morgan fingerprint density at radius 2 is 2.00 bits per heavy atom. The molecule has 0 unspecified atom stereocenters. The van der Waals surface area contributed by atoms with Crippen molar-refractivity contribution in [2.24, 2.45) is 5.92 Å². The fraction of sp³-hybridized carbons (Fsp3) is 0.429. The van der Waals surface area contributed by atoms with Gasteiger partial charge in [-0.3, -0.25) is 0 Å². The van der Waals surface area contributed by atoms with Crippen LogP contribution in [-0.4, -0.2) is 26.2 Å². The third-order valence-corrected chi connectivity index (χ3v) is 4.29. The zero-order valence-corrected chi connectivity index (χ0v) is 13.1. The van der Waals surface area contributed by atoms with Crippen LogP contribution in [0, 0.1) is 5.92 Å². The third kappa shape index (κ3) is 3.53. The smallest absolute Gasteiger partial charge is 0.263 e. The van der Waals surface area contributed by atoms with Gasteiger partial charge in [-0.1, -0.05) is 32.0 Å². The number of aromatic nitrogens is 1. The molecule has 4 nitrogen and oxygen atoms in total. The van der Waals surface area contributed by atoms with Crippen LogP contribution in [0.5, 0.6) is 0 Å². The van der Waals surface area contributed by atoms with Gasteiger partial charge in [-0.2, -0.15) is 0 Å². The van der Waals surface area contributed by atoms with Gasteiger partial charge in [0.1, 0.15) is 4.90 Å². The summed E-state index contributed by atoms with van der Waals surface area (Å²) in [7, 11) is 1.74. The average molecular weight is 316 g/mol. The molecule has 0 radical (unpaired) electrons. The lowest BCUT2D eigenvalue weighted by Gasteiger charge is -2.08. The Balaban J connectivity index is 2.26. The second-order valence-corrected chi connectivity index (χ2v) is 7.64. The first-order valence-corrected chi connectivity index (χ1v) is 8.81. The monoisotopic (exact) mass is 315 g/mol. The summed E-state index contributed by atoms with van der Waals surface area (Å²) in [5.41, 5.74) is 0.847. The van der Waals surface area contributed by atoms with E-state index in [0.29, 0.717) is 31.1 Å². The standard InChI is InChI=1S/C14H18ClNO3S/c1-11(2)10-19-8-7-16-9-14(20(15,17)18)12-5-3-4-6-13(12)16/h3-6,9,11H,7-8,10H2,1-2H3. The molecule has 0 aliphatic carbocycles. The molecule has 6 heteroatoms. The predicted molar refractivity (Wildman–Crippen MR) is 80.6 cm³/mol. The van der Waals surface area contributed by atoms with Gasteiger partial charge in [-0.15, -0.1) is 0 Å². The summed E-state index contributed by atoms with van der Waals surface area (Å²) in [5, 5.41) is 0.645. The van der Waals surface area contributed by atoms with Gasteiger partial charge in [0.2, 0.25) is 0 Å². The summed E-state index contributed by atoms with van der Waals surface area (Å²) in [6, 6.07) is 7.31. The van der Waals surface area contributed by atoms with E-state index in [1.807, 2.05) is 16.7 Å². The van der Waals surface area contributed by atoms with E-state index in [0.717, 1.165) is 5.52 Å². The molecule has 1 aromatic carbocycles. The summed E-state index contributed by atoms with van der Waals surface area (Å²) in [4.78, 5) is 0.152. The minimum absolute atomic E-state index is 0.152. The van der Waals surface area contributed by atoms with Crippen molar-refractivity contribution >= 4 is 30.6 Å². The molecule has 0 N–H and O–H groups in total. The Morgan fingerprint density at radius 1 is 1.30 bits per heavy atom. The van der Waals surface area contributed by atoms with Gasteiger partial charge in [0.05, 0.1) is 6.61 Å². The Morgan fingerprint density at radius 3 is 2.65 bits per heavy atom. The summed E-state index contributed by atoms with van der Waals surface area (Å²) in [5.74, 6) is 0.482. The first-order valence-electron chi connectivity index (χ1n) is 6.50. The van der Waals surface area contributed by atoms with Crippen molar-refractivity contribution in [2.45, 2.75) is 25.3 Å². The lowest BCUT2D eigenvalue weighted by molar-refractivity contribution is 0.104. The van der Waals surface area contributed by atoms with Crippen molar-refractivity contribution in [1.82, 2.24) is 4.57 Å². The van der Waals surface area contributed by atoms with Crippen molar-refractivity contribution in [3.8, 4) is 0 Å². The number of hydrogen-bond donors (Lipinski definition) is 0. The second kappa shape index (κ2) is 6.16. The number of fused-ring (bicyclic) bond motifs is 1. The quantitative estimate of drug-likeness (QED) is 0.607. The molecule has 0 saturated carbocycles.